The number of rotatable bonds is 3. The predicted octanol–water partition coefficient (Wildman–Crippen LogP) is 0.308. The standard InChI is InChI=1S/C11H15N3O3/c1-2-9-8(10(16)17)5-12-11(13-9)14-4-3-7(15)6-14/h5,7,15H,2-4,6H2,1H3,(H,16,17). The predicted molar refractivity (Wildman–Crippen MR) is 61.2 cm³/mol. The largest absolute Gasteiger partial charge is 0.478 e. The SMILES string of the molecule is CCc1nc(N2CCC(O)C2)ncc1C(=O)O. The quantitative estimate of drug-likeness (QED) is 0.786. The lowest BCUT2D eigenvalue weighted by Crippen LogP contribution is -2.24. The Morgan fingerprint density at radius 2 is 2.41 bits per heavy atom. The van der Waals surface area contributed by atoms with Crippen molar-refractivity contribution < 1.29 is 15.0 Å². The van der Waals surface area contributed by atoms with Crippen molar-refractivity contribution in [3.8, 4) is 0 Å². The lowest BCUT2D eigenvalue weighted by atomic mass is 10.2. The van der Waals surface area contributed by atoms with E-state index in [-0.39, 0.29) is 11.7 Å². The maximum absolute atomic E-state index is 10.9. The van der Waals surface area contributed by atoms with Gasteiger partial charge in [-0.2, -0.15) is 0 Å². The number of aliphatic hydroxyl groups is 1. The summed E-state index contributed by atoms with van der Waals surface area (Å²) in [5.74, 6) is -0.502. The zero-order valence-corrected chi connectivity index (χ0v) is 9.63. The zero-order valence-electron chi connectivity index (χ0n) is 9.63. The molecule has 17 heavy (non-hydrogen) atoms. The lowest BCUT2D eigenvalue weighted by Gasteiger charge is -2.16. The molecule has 1 aromatic heterocycles. The molecular weight excluding hydrogens is 222 g/mol. The van der Waals surface area contributed by atoms with Crippen molar-refractivity contribution >= 4 is 11.9 Å². The summed E-state index contributed by atoms with van der Waals surface area (Å²) in [6, 6.07) is 0. The number of carboxylic acids is 1. The number of aliphatic hydroxyl groups excluding tert-OH is 1. The fourth-order valence-electron chi connectivity index (χ4n) is 1.93. The molecular formula is C11H15N3O3. The van der Waals surface area contributed by atoms with Crippen LogP contribution in [0.15, 0.2) is 6.20 Å². The Labute approximate surface area is 98.9 Å². The second kappa shape index (κ2) is 4.67. The molecule has 1 aliphatic heterocycles. The van der Waals surface area contributed by atoms with E-state index < -0.39 is 5.97 Å². The summed E-state index contributed by atoms with van der Waals surface area (Å²) >= 11 is 0. The third kappa shape index (κ3) is 2.36. The Kier molecular flexibility index (Phi) is 3.23. The first-order valence-corrected chi connectivity index (χ1v) is 5.64. The van der Waals surface area contributed by atoms with Crippen LogP contribution < -0.4 is 4.90 Å². The molecule has 0 radical (unpaired) electrons. The number of hydrogen-bond acceptors (Lipinski definition) is 5. The topological polar surface area (TPSA) is 86.5 Å². The third-order valence-corrected chi connectivity index (χ3v) is 2.87. The maximum atomic E-state index is 10.9. The number of anilines is 1. The zero-order chi connectivity index (χ0) is 12.4. The van der Waals surface area contributed by atoms with Crippen molar-refractivity contribution in [2.24, 2.45) is 0 Å². The highest BCUT2D eigenvalue weighted by Gasteiger charge is 2.23. The summed E-state index contributed by atoms with van der Waals surface area (Å²) in [4.78, 5) is 21.1. The van der Waals surface area contributed by atoms with Crippen molar-refractivity contribution in [1.82, 2.24) is 9.97 Å². The van der Waals surface area contributed by atoms with Crippen molar-refractivity contribution in [1.29, 1.82) is 0 Å². The first-order valence-electron chi connectivity index (χ1n) is 5.64. The normalized spacial score (nSPS) is 19.6. The van der Waals surface area contributed by atoms with Gasteiger partial charge < -0.3 is 15.1 Å². The molecule has 0 spiro atoms. The smallest absolute Gasteiger partial charge is 0.339 e. The number of aromatic carboxylic acids is 1. The molecule has 2 N–H and O–H groups in total. The monoisotopic (exact) mass is 237 g/mol. The van der Waals surface area contributed by atoms with Crippen LogP contribution in [0.25, 0.3) is 0 Å². The summed E-state index contributed by atoms with van der Waals surface area (Å²) in [6.45, 7) is 3.07. The molecule has 92 valence electrons. The number of aryl methyl sites for hydroxylation is 1. The molecule has 0 aromatic carbocycles. The molecule has 1 unspecified atom stereocenters. The molecule has 2 rings (SSSR count). The Balaban J connectivity index is 2.28. The van der Waals surface area contributed by atoms with Crippen LogP contribution in [-0.2, 0) is 6.42 Å². The van der Waals surface area contributed by atoms with Crippen LogP contribution in [0, 0.1) is 0 Å². The fourth-order valence-corrected chi connectivity index (χ4v) is 1.93. The third-order valence-electron chi connectivity index (χ3n) is 2.87. The van der Waals surface area contributed by atoms with Crippen LogP contribution in [0.2, 0.25) is 0 Å². The van der Waals surface area contributed by atoms with E-state index in [1.54, 1.807) is 0 Å². The summed E-state index contributed by atoms with van der Waals surface area (Å²) < 4.78 is 0. The van der Waals surface area contributed by atoms with Crippen LogP contribution in [-0.4, -0.2) is 45.3 Å². The van der Waals surface area contributed by atoms with Gasteiger partial charge in [0, 0.05) is 19.3 Å². The van der Waals surface area contributed by atoms with Gasteiger partial charge in [0.25, 0.3) is 0 Å². The summed E-state index contributed by atoms with van der Waals surface area (Å²) in [7, 11) is 0. The van der Waals surface area contributed by atoms with E-state index in [1.165, 1.54) is 6.20 Å². The van der Waals surface area contributed by atoms with E-state index in [1.807, 2.05) is 11.8 Å². The van der Waals surface area contributed by atoms with E-state index in [0.29, 0.717) is 37.6 Å². The van der Waals surface area contributed by atoms with Crippen molar-refractivity contribution in [2.45, 2.75) is 25.9 Å². The summed E-state index contributed by atoms with van der Waals surface area (Å²) in [5, 5.41) is 18.4. The van der Waals surface area contributed by atoms with E-state index in [4.69, 9.17) is 5.11 Å². The van der Waals surface area contributed by atoms with Crippen LogP contribution in [0.4, 0.5) is 5.95 Å². The Morgan fingerprint density at radius 1 is 1.65 bits per heavy atom. The minimum absolute atomic E-state index is 0.149. The van der Waals surface area contributed by atoms with Crippen LogP contribution in [0.3, 0.4) is 0 Å². The number of carboxylic acid groups (broad SMARTS) is 1. The second-order valence-corrected chi connectivity index (χ2v) is 4.08. The average molecular weight is 237 g/mol. The van der Waals surface area contributed by atoms with Crippen molar-refractivity contribution in [3.63, 3.8) is 0 Å². The molecule has 0 bridgehead atoms. The van der Waals surface area contributed by atoms with Gasteiger partial charge in [0.2, 0.25) is 5.95 Å². The van der Waals surface area contributed by atoms with Crippen LogP contribution >= 0.6 is 0 Å². The molecule has 1 aromatic rings. The number of aromatic nitrogens is 2. The highest BCUT2D eigenvalue weighted by atomic mass is 16.4. The Bertz CT molecular complexity index is 436. The van der Waals surface area contributed by atoms with E-state index >= 15 is 0 Å². The van der Waals surface area contributed by atoms with Gasteiger partial charge in [-0.05, 0) is 12.8 Å². The highest BCUT2D eigenvalue weighted by Crippen LogP contribution is 2.17. The Hall–Kier alpha value is -1.69. The van der Waals surface area contributed by atoms with Gasteiger partial charge in [0.15, 0.2) is 0 Å². The van der Waals surface area contributed by atoms with Gasteiger partial charge in [0.05, 0.1) is 17.4 Å². The van der Waals surface area contributed by atoms with Crippen LogP contribution in [0.5, 0.6) is 0 Å². The van der Waals surface area contributed by atoms with E-state index in [9.17, 15) is 9.90 Å². The van der Waals surface area contributed by atoms with Gasteiger partial charge in [0.1, 0.15) is 0 Å². The maximum Gasteiger partial charge on any atom is 0.339 e. The number of nitrogens with zero attached hydrogens (tertiary/aromatic N) is 3. The lowest BCUT2D eigenvalue weighted by molar-refractivity contribution is 0.0694. The average Bonchev–Trinajstić information content (AvgIpc) is 2.75. The van der Waals surface area contributed by atoms with Gasteiger partial charge in [-0.15, -0.1) is 0 Å². The Morgan fingerprint density at radius 3 is 2.94 bits per heavy atom. The van der Waals surface area contributed by atoms with E-state index in [2.05, 4.69) is 9.97 Å². The van der Waals surface area contributed by atoms with Gasteiger partial charge in [-0.3, -0.25) is 0 Å². The first-order chi connectivity index (χ1) is 8.11. The van der Waals surface area contributed by atoms with E-state index in [0.717, 1.165) is 0 Å². The van der Waals surface area contributed by atoms with Crippen molar-refractivity contribution in [3.05, 3.63) is 17.5 Å². The molecule has 6 heteroatoms. The number of β-amino-alcohol motifs (C(OH)–C–C–N with tert-alkyl or cyclic N) is 1. The number of hydrogen-bond donors (Lipinski definition) is 2. The molecule has 6 nitrogen and oxygen atoms in total. The first kappa shape index (κ1) is 11.8. The minimum Gasteiger partial charge on any atom is -0.478 e. The summed E-state index contributed by atoms with van der Waals surface area (Å²) in [6.07, 6.45) is 2.25. The molecule has 0 amide bonds. The fraction of sp³-hybridized carbons (Fsp3) is 0.545. The number of carbonyl (C=O) groups is 1. The van der Waals surface area contributed by atoms with Gasteiger partial charge in [-0.1, -0.05) is 6.92 Å². The minimum atomic E-state index is -1.00. The molecule has 1 aliphatic rings. The molecule has 1 fully saturated rings. The van der Waals surface area contributed by atoms with Gasteiger partial charge in [-0.25, -0.2) is 14.8 Å². The molecule has 2 heterocycles. The van der Waals surface area contributed by atoms with Crippen LogP contribution in [0.1, 0.15) is 29.4 Å². The molecule has 1 saturated heterocycles. The molecule has 0 saturated carbocycles. The summed E-state index contributed by atoms with van der Waals surface area (Å²) in [5.41, 5.74) is 0.680. The molecule has 0 aliphatic carbocycles. The highest BCUT2D eigenvalue weighted by molar-refractivity contribution is 5.88. The van der Waals surface area contributed by atoms with Crippen molar-refractivity contribution in [2.75, 3.05) is 18.0 Å². The second-order valence-electron chi connectivity index (χ2n) is 4.08. The van der Waals surface area contributed by atoms with Gasteiger partial charge >= 0.3 is 5.97 Å². The molecule has 1 atom stereocenters.